The zero-order valence-electron chi connectivity index (χ0n) is 16.5. The number of phenolic OH excluding ortho intramolecular Hbond substituents is 2. The van der Waals surface area contributed by atoms with Crippen LogP contribution in [0.2, 0.25) is 0 Å². The smallest absolute Gasteiger partial charge is 0.337 e. The predicted molar refractivity (Wildman–Crippen MR) is 99.7 cm³/mol. The molecule has 0 spiro atoms. The number of aromatic hydroxyl groups is 2. The van der Waals surface area contributed by atoms with Crippen LogP contribution in [0, 0.1) is 11.8 Å². The third-order valence-corrected chi connectivity index (χ3v) is 4.89. The van der Waals surface area contributed by atoms with E-state index in [1.54, 1.807) is 13.0 Å². The van der Waals surface area contributed by atoms with Crippen molar-refractivity contribution in [2.45, 2.75) is 32.2 Å². The van der Waals surface area contributed by atoms with E-state index < -0.39 is 36.2 Å². The van der Waals surface area contributed by atoms with Crippen LogP contribution in [0.5, 0.6) is 11.5 Å². The van der Waals surface area contributed by atoms with Crippen LogP contribution in [-0.4, -0.2) is 60.5 Å². The van der Waals surface area contributed by atoms with Gasteiger partial charge in [0.25, 0.3) is 0 Å². The van der Waals surface area contributed by atoms with Crippen molar-refractivity contribution < 1.29 is 43.9 Å². The Labute approximate surface area is 168 Å². The molecule has 2 rings (SSSR count). The van der Waals surface area contributed by atoms with Gasteiger partial charge in [0, 0.05) is 19.4 Å². The van der Waals surface area contributed by atoms with Crippen molar-refractivity contribution in [1.29, 1.82) is 0 Å². The normalized spacial score (nSPS) is 22.2. The summed E-state index contributed by atoms with van der Waals surface area (Å²) in [5.74, 6) is -3.12. The van der Waals surface area contributed by atoms with Gasteiger partial charge < -0.3 is 34.3 Å². The highest BCUT2D eigenvalue weighted by atomic mass is 16.6. The molecule has 9 nitrogen and oxygen atoms in total. The Balaban J connectivity index is 2.04. The standard InChI is InChI=1S/C20H26O9/c1-11-18(20(25)27-3)13(14(10-29-11)19(24)26-2)9-17(23)28-7-6-12-4-5-15(21)16(22)8-12/h4-5,8,10-11,13,18,20-22,25H,6-7,9H2,1-3H3/t11-,13-,18-,20+/m1/s1. The zero-order chi connectivity index (χ0) is 21.6. The van der Waals surface area contributed by atoms with Crippen molar-refractivity contribution in [2.75, 3.05) is 20.8 Å². The van der Waals surface area contributed by atoms with Gasteiger partial charge in [0.05, 0.1) is 37.9 Å². The monoisotopic (exact) mass is 410 g/mol. The second-order valence-electron chi connectivity index (χ2n) is 6.71. The SMILES string of the molecule is COC(=O)C1=CO[C@H](C)[C@@H]([C@@H](O)OC)[C@@H]1CC(=O)OCCc1ccc(O)c(O)c1. The van der Waals surface area contributed by atoms with Gasteiger partial charge in [-0.05, 0) is 24.6 Å². The minimum absolute atomic E-state index is 0.0383. The van der Waals surface area contributed by atoms with E-state index in [0.29, 0.717) is 12.0 Å². The number of hydrogen-bond donors (Lipinski definition) is 3. The number of phenols is 2. The average Bonchev–Trinajstić information content (AvgIpc) is 2.70. The quantitative estimate of drug-likeness (QED) is 0.329. The highest BCUT2D eigenvalue weighted by Gasteiger charge is 2.43. The molecule has 0 bridgehead atoms. The van der Waals surface area contributed by atoms with E-state index in [9.17, 15) is 24.9 Å². The molecule has 0 saturated carbocycles. The summed E-state index contributed by atoms with van der Waals surface area (Å²) >= 11 is 0. The van der Waals surface area contributed by atoms with Crippen LogP contribution in [0.3, 0.4) is 0 Å². The second kappa shape index (κ2) is 10.1. The third-order valence-electron chi connectivity index (χ3n) is 4.89. The Morgan fingerprint density at radius 2 is 1.93 bits per heavy atom. The lowest BCUT2D eigenvalue weighted by atomic mass is 9.78. The molecule has 4 atom stereocenters. The highest BCUT2D eigenvalue weighted by molar-refractivity contribution is 5.89. The highest BCUT2D eigenvalue weighted by Crippen LogP contribution is 2.36. The number of carbonyl (C=O) groups is 2. The maximum absolute atomic E-state index is 12.4. The number of esters is 2. The summed E-state index contributed by atoms with van der Waals surface area (Å²) in [6.07, 6.45) is -0.368. The Kier molecular flexibility index (Phi) is 7.86. The molecule has 0 radical (unpaired) electrons. The molecule has 1 heterocycles. The van der Waals surface area contributed by atoms with Crippen molar-refractivity contribution in [3.8, 4) is 11.5 Å². The Morgan fingerprint density at radius 3 is 2.55 bits per heavy atom. The largest absolute Gasteiger partial charge is 0.504 e. The minimum Gasteiger partial charge on any atom is -0.504 e. The van der Waals surface area contributed by atoms with Gasteiger partial charge in [-0.1, -0.05) is 6.07 Å². The molecule has 1 aliphatic rings. The molecule has 1 aromatic rings. The molecule has 29 heavy (non-hydrogen) atoms. The molecule has 0 aliphatic carbocycles. The average molecular weight is 410 g/mol. The van der Waals surface area contributed by atoms with Crippen molar-refractivity contribution in [3.05, 3.63) is 35.6 Å². The van der Waals surface area contributed by atoms with E-state index >= 15 is 0 Å². The maximum Gasteiger partial charge on any atom is 0.337 e. The van der Waals surface area contributed by atoms with Gasteiger partial charge in [-0.2, -0.15) is 0 Å². The summed E-state index contributed by atoms with van der Waals surface area (Å²) in [5, 5.41) is 29.0. The van der Waals surface area contributed by atoms with Gasteiger partial charge in [-0.15, -0.1) is 0 Å². The van der Waals surface area contributed by atoms with Gasteiger partial charge in [0.2, 0.25) is 0 Å². The van der Waals surface area contributed by atoms with Gasteiger partial charge >= 0.3 is 11.9 Å². The van der Waals surface area contributed by atoms with Crippen LogP contribution in [0.4, 0.5) is 0 Å². The summed E-state index contributed by atoms with van der Waals surface area (Å²) < 4.78 is 20.4. The van der Waals surface area contributed by atoms with E-state index in [2.05, 4.69) is 0 Å². The molecule has 0 aromatic heterocycles. The van der Waals surface area contributed by atoms with Crippen LogP contribution in [-0.2, 0) is 35.0 Å². The van der Waals surface area contributed by atoms with Gasteiger partial charge in [-0.25, -0.2) is 4.79 Å². The van der Waals surface area contributed by atoms with Crippen LogP contribution < -0.4 is 0 Å². The summed E-state index contributed by atoms with van der Waals surface area (Å²) in [5.41, 5.74) is 0.794. The lowest BCUT2D eigenvalue weighted by Crippen LogP contribution is -2.43. The van der Waals surface area contributed by atoms with Crippen molar-refractivity contribution in [3.63, 3.8) is 0 Å². The van der Waals surface area contributed by atoms with E-state index in [4.69, 9.17) is 18.9 Å². The first kappa shape index (κ1) is 22.5. The summed E-state index contributed by atoms with van der Waals surface area (Å²) in [7, 11) is 2.53. The number of hydrogen-bond acceptors (Lipinski definition) is 9. The summed E-state index contributed by atoms with van der Waals surface area (Å²) in [6.45, 7) is 1.74. The van der Waals surface area contributed by atoms with E-state index in [0.717, 1.165) is 0 Å². The van der Waals surface area contributed by atoms with E-state index in [-0.39, 0.29) is 30.1 Å². The number of aliphatic hydroxyl groups is 1. The summed E-state index contributed by atoms with van der Waals surface area (Å²) in [4.78, 5) is 24.5. The van der Waals surface area contributed by atoms with Crippen molar-refractivity contribution in [2.24, 2.45) is 11.8 Å². The van der Waals surface area contributed by atoms with Crippen LogP contribution in [0.1, 0.15) is 18.9 Å². The molecule has 1 aliphatic heterocycles. The van der Waals surface area contributed by atoms with Crippen molar-refractivity contribution in [1.82, 2.24) is 0 Å². The third kappa shape index (κ3) is 5.61. The first-order valence-corrected chi connectivity index (χ1v) is 9.09. The fourth-order valence-electron chi connectivity index (χ4n) is 3.29. The van der Waals surface area contributed by atoms with E-state index in [1.165, 1.54) is 32.6 Å². The fourth-order valence-corrected chi connectivity index (χ4v) is 3.29. The number of methoxy groups -OCH3 is 2. The summed E-state index contributed by atoms with van der Waals surface area (Å²) in [6, 6.07) is 4.33. The lowest BCUT2D eigenvalue weighted by molar-refractivity contribution is -0.167. The fraction of sp³-hybridized carbons (Fsp3) is 0.500. The lowest BCUT2D eigenvalue weighted by Gasteiger charge is -2.37. The molecule has 1 aromatic carbocycles. The van der Waals surface area contributed by atoms with Crippen molar-refractivity contribution >= 4 is 11.9 Å². The molecular weight excluding hydrogens is 384 g/mol. The maximum atomic E-state index is 12.4. The second-order valence-corrected chi connectivity index (χ2v) is 6.71. The molecule has 9 heteroatoms. The molecule has 0 amide bonds. The van der Waals surface area contributed by atoms with Crippen LogP contribution in [0.15, 0.2) is 30.0 Å². The Hall–Kier alpha value is -2.78. The van der Waals surface area contributed by atoms with Crippen LogP contribution in [0.25, 0.3) is 0 Å². The van der Waals surface area contributed by atoms with Crippen LogP contribution >= 0.6 is 0 Å². The number of ether oxygens (including phenoxy) is 4. The Bertz CT molecular complexity index is 758. The number of aliphatic hydroxyl groups excluding tert-OH is 1. The van der Waals surface area contributed by atoms with E-state index in [1.807, 2.05) is 0 Å². The molecule has 0 unspecified atom stereocenters. The van der Waals surface area contributed by atoms with Gasteiger partial charge in [0.1, 0.15) is 6.10 Å². The molecule has 0 fully saturated rings. The molecular formula is C20H26O9. The first-order valence-electron chi connectivity index (χ1n) is 9.09. The van der Waals surface area contributed by atoms with Gasteiger partial charge in [0.15, 0.2) is 17.8 Å². The number of carbonyl (C=O) groups excluding carboxylic acids is 2. The number of benzene rings is 1. The minimum atomic E-state index is -1.25. The Morgan fingerprint density at radius 1 is 1.21 bits per heavy atom. The molecule has 0 saturated heterocycles. The zero-order valence-corrected chi connectivity index (χ0v) is 16.5. The molecule has 160 valence electrons. The topological polar surface area (TPSA) is 132 Å². The molecule has 3 N–H and O–H groups in total. The first-order chi connectivity index (χ1) is 13.8. The van der Waals surface area contributed by atoms with Gasteiger partial charge in [-0.3, -0.25) is 4.79 Å². The number of rotatable bonds is 8. The predicted octanol–water partition coefficient (Wildman–Crippen LogP) is 1.25.